The predicted octanol–water partition coefficient (Wildman–Crippen LogP) is 3.91. The van der Waals surface area contributed by atoms with Gasteiger partial charge in [0.1, 0.15) is 5.15 Å². The number of halogens is 1. The van der Waals surface area contributed by atoms with E-state index in [2.05, 4.69) is 25.8 Å². The highest BCUT2D eigenvalue weighted by molar-refractivity contribution is 6.29. The van der Waals surface area contributed by atoms with Crippen LogP contribution in [0.3, 0.4) is 0 Å². The Morgan fingerprint density at radius 1 is 1.40 bits per heavy atom. The predicted molar refractivity (Wildman–Crippen MR) is 81.5 cm³/mol. The maximum absolute atomic E-state index is 12.3. The van der Waals surface area contributed by atoms with Crippen molar-refractivity contribution in [2.24, 2.45) is 11.3 Å². The molecule has 0 bridgehead atoms. The van der Waals surface area contributed by atoms with Crippen molar-refractivity contribution in [3.63, 3.8) is 0 Å². The molecule has 4 heteroatoms. The summed E-state index contributed by atoms with van der Waals surface area (Å²) in [7, 11) is 0. The van der Waals surface area contributed by atoms with E-state index in [1.807, 2.05) is 17.0 Å². The molecule has 0 N–H and O–H groups in total. The first-order chi connectivity index (χ1) is 9.36. The summed E-state index contributed by atoms with van der Waals surface area (Å²) < 4.78 is 0. The molecule has 1 aliphatic rings. The number of pyridine rings is 1. The Hall–Kier alpha value is -1.09. The first kappa shape index (κ1) is 15.3. The number of rotatable bonds is 2. The van der Waals surface area contributed by atoms with Crippen molar-refractivity contribution in [2.75, 3.05) is 6.54 Å². The molecule has 1 saturated heterocycles. The molecule has 2 rings (SSSR count). The van der Waals surface area contributed by atoms with Crippen LogP contribution in [0.4, 0.5) is 0 Å². The van der Waals surface area contributed by atoms with E-state index in [4.69, 9.17) is 11.6 Å². The Kier molecular flexibility index (Phi) is 4.69. The van der Waals surface area contributed by atoms with Crippen LogP contribution in [-0.4, -0.2) is 22.3 Å². The van der Waals surface area contributed by atoms with E-state index < -0.39 is 0 Å². The molecule has 20 heavy (non-hydrogen) atoms. The third-order valence-electron chi connectivity index (χ3n) is 4.20. The minimum absolute atomic E-state index is 0.254. The average molecular weight is 295 g/mol. The van der Waals surface area contributed by atoms with Crippen molar-refractivity contribution >= 4 is 17.5 Å². The van der Waals surface area contributed by atoms with E-state index in [-0.39, 0.29) is 11.3 Å². The second kappa shape index (κ2) is 6.13. The van der Waals surface area contributed by atoms with E-state index in [9.17, 15) is 4.79 Å². The van der Waals surface area contributed by atoms with Gasteiger partial charge in [-0.2, -0.15) is 0 Å². The van der Waals surface area contributed by atoms with Crippen molar-refractivity contribution in [2.45, 2.75) is 46.6 Å². The van der Waals surface area contributed by atoms with Crippen molar-refractivity contribution in [3.05, 3.63) is 29.0 Å². The molecule has 110 valence electrons. The lowest BCUT2D eigenvalue weighted by atomic mass is 9.77. The molecular weight excluding hydrogens is 272 g/mol. The molecule has 0 saturated carbocycles. The van der Waals surface area contributed by atoms with Gasteiger partial charge in [-0.1, -0.05) is 32.4 Å². The van der Waals surface area contributed by atoms with E-state index in [0.29, 0.717) is 24.0 Å². The normalized spacial score (nSPS) is 20.9. The Labute approximate surface area is 126 Å². The maximum atomic E-state index is 12.3. The average Bonchev–Trinajstić information content (AvgIpc) is 2.52. The molecular formula is C16H23ClN2O. The molecule has 1 unspecified atom stereocenters. The molecule has 3 nitrogen and oxygen atoms in total. The second-order valence-electron chi connectivity index (χ2n) is 6.69. The highest BCUT2D eigenvalue weighted by Gasteiger charge is 2.29. The molecule has 1 fully saturated rings. The van der Waals surface area contributed by atoms with Crippen molar-refractivity contribution < 1.29 is 4.79 Å². The van der Waals surface area contributed by atoms with Crippen LogP contribution in [0.15, 0.2) is 18.3 Å². The monoisotopic (exact) mass is 294 g/mol. The number of carbonyl (C=O) groups is 1. The zero-order chi connectivity index (χ0) is 14.8. The Morgan fingerprint density at radius 2 is 2.15 bits per heavy atom. The standard InChI is InChI=1S/C16H23ClN2O/c1-16(2,3)13-4-5-15(20)19(9-7-13)11-12-6-8-18-14(17)10-12/h6,8,10,13H,4-5,7,9,11H2,1-3H3. The highest BCUT2D eigenvalue weighted by Crippen LogP contribution is 2.34. The van der Waals surface area contributed by atoms with Crippen LogP contribution in [0.1, 0.15) is 45.6 Å². The van der Waals surface area contributed by atoms with Crippen LogP contribution in [0.2, 0.25) is 5.15 Å². The second-order valence-corrected chi connectivity index (χ2v) is 7.08. The van der Waals surface area contributed by atoms with Crippen LogP contribution in [0.25, 0.3) is 0 Å². The van der Waals surface area contributed by atoms with Gasteiger partial charge in [-0.05, 0) is 41.9 Å². The van der Waals surface area contributed by atoms with Crippen LogP contribution in [0, 0.1) is 11.3 Å². The minimum Gasteiger partial charge on any atom is -0.338 e. The maximum Gasteiger partial charge on any atom is 0.222 e. The van der Waals surface area contributed by atoms with Crippen LogP contribution in [-0.2, 0) is 11.3 Å². The number of hydrogen-bond acceptors (Lipinski definition) is 2. The molecule has 0 aromatic carbocycles. The number of likely N-dealkylation sites (tertiary alicyclic amines) is 1. The van der Waals surface area contributed by atoms with Crippen molar-refractivity contribution in [3.8, 4) is 0 Å². The number of carbonyl (C=O) groups excluding carboxylic acids is 1. The van der Waals surface area contributed by atoms with E-state index in [1.165, 1.54) is 0 Å². The Morgan fingerprint density at radius 3 is 2.80 bits per heavy atom. The van der Waals surface area contributed by atoms with Gasteiger partial charge in [-0.15, -0.1) is 0 Å². The van der Waals surface area contributed by atoms with Gasteiger partial charge in [0.15, 0.2) is 0 Å². The zero-order valence-electron chi connectivity index (χ0n) is 12.5. The molecule has 0 aliphatic carbocycles. The summed E-state index contributed by atoms with van der Waals surface area (Å²) >= 11 is 5.90. The van der Waals surface area contributed by atoms with Gasteiger partial charge < -0.3 is 4.90 Å². The minimum atomic E-state index is 0.254. The van der Waals surface area contributed by atoms with Gasteiger partial charge in [0.05, 0.1) is 0 Å². The lowest BCUT2D eigenvalue weighted by molar-refractivity contribution is -0.131. The third kappa shape index (κ3) is 3.95. The Bertz CT molecular complexity index is 482. The van der Waals surface area contributed by atoms with Crippen LogP contribution >= 0.6 is 11.6 Å². The van der Waals surface area contributed by atoms with E-state index >= 15 is 0 Å². The quantitative estimate of drug-likeness (QED) is 0.775. The molecule has 1 amide bonds. The van der Waals surface area contributed by atoms with Gasteiger partial charge in [-0.25, -0.2) is 4.98 Å². The molecule has 0 radical (unpaired) electrons. The summed E-state index contributed by atoms with van der Waals surface area (Å²) in [6, 6.07) is 3.76. The topological polar surface area (TPSA) is 33.2 Å². The van der Waals surface area contributed by atoms with E-state index in [0.717, 1.165) is 24.9 Å². The summed E-state index contributed by atoms with van der Waals surface area (Å²) in [6.07, 6.45) is 4.42. The zero-order valence-corrected chi connectivity index (χ0v) is 13.3. The molecule has 1 aromatic heterocycles. The first-order valence-corrected chi connectivity index (χ1v) is 7.62. The molecule has 1 atom stereocenters. The summed E-state index contributed by atoms with van der Waals surface area (Å²) in [4.78, 5) is 18.2. The summed E-state index contributed by atoms with van der Waals surface area (Å²) in [5, 5.41) is 0.484. The summed E-state index contributed by atoms with van der Waals surface area (Å²) in [5.74, 6) is 0.863. The van der Waals surface area contributed by atoms with E-state index in [1.54, 1.807) is 6.20 Å². The van der Waals surface area contributed by atoms with Gasteiger partial charge >= 0.3 is 0 Å². The largest absolute Gasteiger partial charge is 0.338 e. The fraction of sp³-hybridized carbons (Fsp3) is 0.625. The third-order valence-corrected chi connectivity index (χ3v) is 4.40. The van der Waals surface area contributed by atoms with Crippen LogP contribution in [0.5, 0.6) is 0 Å². The lowest BCUT2D eigenvalue weighted by Gasteiger charge is -2.29. The van der Waals surface area contributed by atoms with Gasteiger partial charge in [0, 0.05) is 25.7 Å². The van der Waals surface area contributed by atoms with Crippen molar-refractivity contribution in [1.29, 1.82) is 0 Å². The molecule has 0 spiro atoms. The molecule has 2 heterocycles. The first-order valence-electron chi connectivity index (χ1n) is 7.24. The fourth-order valence-corrected chi connectivity index (χ4v) is 3.03. The summed E-state index contributed by atoms with van der Waals surface area (Å²) in [6.45, 7) is 8.26. The van der Waals surface area contributed by atoms with Gasteiger partial charge in [-0.3, -0.25) is 4.79 Å². The molecule has 1 aromatic rings. The SMILES string of the molecule is CC(C)(C)C1CCC(=O)N(Cc2ccnc(Cl)c2)CC1. The number of hydrogen-bond donors (Lipinski definition) is 0. The number of amides is 1. The van der Waals surface area contributed by atoms with Gasteiger partial charge in [0.25, 0.3) is 0 Å². The number of nitrogens with zero attached hydrogens (tertiary/aromatic N) is 2. The lowest BCUT2D eigenvalue weighted by Crippen LogP contribution is -2.30. The van der Waals surface area contributed by atoms with Crippen molar-refractivity contribution in [1.82, 2.24) is 9.88 Å². The Balaban J connectivity index is 2.04. The fourth-order valence-electron chi connectivity index (χ4n) is 2.83. The van der Waals surface area contributed by atoms with Gasteiger partial charge in [0.2, 0.25) is 5.91 Å². The number of aromatic nitrogens is 1. The smallest absolute Gasteiger partial charge is 0.222 e. The summed E-state index contributed by atoms with van der Waals surface area (Å²) in [5.41, 5.74) is 1.32. The molecule has 1 aliphatic heterocycles. The highest BCUT2D eigenvalue weighted by atomic mass is 35.5. The van der Waals surface area contributed by atoms with Crippen LogP contribution < -0.4 is 0 Å².